The topological polar surface area (TPSA) is 0 Å². The first kappa shape index (κ1) is 25.3. The zero-order valence-electron chi connectivity index (χ0n) is 23.8. The molecule has 0 spiro atoms. The van der Waals surface area contributed by atoms with Crippen LogP contribution in [-0.4, -0.2) is 6.71 Å². The first-order valence-corrected chi connectivity index (χ1v) is 15.0. The molecular formula is C42H29B. The first-order chi connectivity index (χ1) is 21.4. The molecular weight excluding hydrogens is 515 g/mol. The molecule has 8 rings (SSSR count). The summed E-state index contributed by atoms with van der Waals surface area (Å²) in [6, 6.07) is 64.5. The van der Waals surface area contributed by atoms with Crippen LogP contribution in [0.15, 0.2) is 176 Å². The van der Waals surface area contributed by atoms with Gasteiger partial charge in [0.15, 0.2) is 0 Å². The lowest BCUT2D eigenvalue weighted by molar-refractivity contribution is 1.58. The molecule has 0 saturated heterocycles. The zero-order valence-corrected chi connectivity index (χ0v) is 23.8. The molecule has 0 aromatic heterocycles. The predicted molar refractivity (Wildman–Crippen MR) is 185 cm³/mol. The van der Waals surface area contributed by atoms with E-state index in [1.54, 1.807) is 0 Å². The minimum Gasteiger partial charge on any atom is -0.0685 e. The highest BCUT2D eigenvalue weighted by Gasteiger charge is 2.34. The first-order valence-electron chi connectivity index (χ1n) is 15.0. The fraction of sp³-hybridized carbons (Fsp3) is 0. The molecule has 0 atom stereocenters. The van der Waals surface area contributed by atoms with Crippen molar-refractivity contribution in [1.82, 2.24) is 0 Å². The van der Waals surface area contributed by atoms with Crippen LogP contribution in [0.1, 0.15) is 0 Å². The minimum absolute atomic E-state index is 0.0155. The summed E-state index contributed by atoms with van der Waals surface area (Å²) in [7, 11) is 0. The molecule has 1 heteroatoms. The van der Waals surface area contributed by atoms with E-state index in [-0.39, 0.29) is 6.71 Å². The number of hydrogen-bond acceptors (Lipinski definition) is 0. The molecule has 0 fully saturated rings. The van der Waals surface area contributed by atoms with E-state index in [9.17, 15) is 0 Å². The van der Waals surface area contributed by atoms with Crippen LogP contribution in [0.5, 0.6) is 0 Å². The van der Waals surface area contributed by atoms with Crippen LogP contribution >= 0.6 is 0 Å². The van der Waals surface area contributed by atoms with Gasteiger partial charge in [-0.15, -0.1) is 0 Å². The SMILES string of the molecule is c1ccc(B2c3c(-c4ccccc4)cccc3-c3ccccc3-c3ccccc3-c3cccc(-c4ccccc4)c32)cc1. The van der Waals surface area contributed by atoms with Crippen LogP contribution in [0, 0.1) is 0 Å². The van der Waals surface area contributed by atoms with Gasteiger partial charge in [0.1, 0.15) is 0 Å². The van der Waals surface area contributed by atoms with Gasteiger partial charge in [-0.25, -0.2) is 0 Å². The largest absolute Gasteiger partial charge is 0.244 e. The second kappa shape index (κ2) is 10.8. The molecule has 0 radical (unpaired) electrons. The predicted octanol–water partition coefficient (Wildman–Crippen LogP) is 8.85. The monoisotopic (exact) mass is 544 g/mol. The van der Waals surface area contributed by atoms with Crippen molar-refractivity contribution in [2.24, 2.45) is 0 Å². The summed E-state index contributed by atoms with van der Waals surface area (Å²) >= 11 is 0. The van der Waals surface area contributed by atoms with Crippen LogP contribution in [0.3, 0.4) is 0 Å². The summed E-state index contributed by atoms with van der Waals surface area (Å²) in [5, 5.41) is 0. The van der Waals surface area contributed by atoms with Crippen molar-refractivity contribution in [2.45, 2.75) is 0 Å². The van der Waals surface area contributed by atoms with E-state index in [2.05, 4.69) is 176 Å². The highest BCUT2D eigenvalue weighted by atomic mass is 14.2. The van der Waals surface area contributed by atoms with Crippen molar-refractivity contribution in [2.75, 3.05) is 0 Å². The Hall–Kier alpha value is -5.40. The molecule has 0 amide bonds. The summed E-state index contributed by atoms with van der Waals surface area (Å²) < 4.78 is 0. The van der Waals surface area contributed by atoms with Gasteiger partial charge in [-0.2, -0.15) is 0 Å². The maximum Gasteiger partial charge on any atom is 0.244 e. The maximum absolute atomic E-state index is 2.33. The van der Waals surface area contributed by atoms with Gasteiger partial charge < -0.3 is 0 Å². The Morgan fingerprint density at radius 3 is 0.953 bits per heavy atom. The zero-order chi connectivity index (χ0) is 28.6. The lowest BCUT2D eigenvalue weighted by atomic mass is 9.33. The number of hydrogen-bond donors (Lipinski definition) is 0. The van der Waals surface area contributed by atoms with Gasteiger partial charge >= 0.3 is 0 Å². The molecule has 0 bridgehead atoms. The van der Waals surface area contributed by atoms with E-state index >= 15 is 0 Å². The Labute approximate surface area is 254 Å². The van der Waals surface area contributed by atoms with Gasteiger partial charge in [0.2, 0.25) is 6.71 Å². The van der Waals surface area contributed by atoms with Crippen LogP contribution < -0.4 is 16.4 Å². The summed E-state index contributed by atoms with van der Waals surface area (Å²) in [6.45, 7) is -0.0155. The second-order valence-electron chi connectivity index (χ2n) is 11.2. The normalized spacial score (nSPS) is 11.7. The van der Waals surface area contributed by atoms with E-state index < -0.39 is 0 Å². The molecule has 0 nitrogen and oxygen atoms in total. The van der Waals surface area contributed by atoms with Crippen LogP contribution in [0.2, 0.25) is 0 Å². The lowest BCUT2D eigenvalue weighted by Gasteiger charge is -2.27. The van der Waals surface area contributed by atoms with Crippen LogP contribution in [0.4, 0.5) is 0 Å². The molecule has 7 aromatic carbocycles. The van der Waals surface area contributed by atoms with E-state index in [1.807, 2.05) is 0 Å². The van der Waals surface area contributed by atoms with Gasteiger partial charge in [-0.05, 0) is 55.6 Å². The summed E-state index contributed by atoms with van der Waals surface area (Å²) in [5.74, 6) is 0. The highest BCUT2D eigenvalue weighted by Crippen LogP contribution is 2.40. The van der Waals surface area contributed by atoms with Crippen molar-refractivity contribution >= 4 is 23.1 Å². The molecule has 0 saturated carbocycles. The van der Waals surface area contributed by atoms with Gasteiger partial charge in [-0.3, -0.25) is 0 Å². The fourth-order valence-electron chi connectivity index (χ4n) is 6.99. The Morgan fingerprint density at radius 2 is 0.535 bits per heavy atom. The fourth-order valence-corrected chi connectivity index (χ4v) is 6.99. The average molecular weight is 545 g/mol. The summed E-state index contributed by atoms with van der Waals surface area (Å²) in [6.07, 6.45) is 0. The van der Waals surface area contributed by atoms with Crippen molar-refractivity contribution < 1.29 is 0 Å². The average Bonchev–Trinajstić information content (AvgIpc) is 3.14. The number of rotatable bonds is 3. The summed E-state index contributed by atoms with van der Waals surface area (Å²) in [5.41, 5.74) is 16.5. The molecule has 0 aliphatic carbocycles. The third-order valence-electron chi connectivity index (χ3n) is 8.82. The molecule has 0 N–H and O–H groups in total. The Balaban J connectivity index is 1.62. The van der Waals surface area contributed by atoms with E-state index in [0.717, 1.165) is 0 Å². The highest BCUT2D eigenvalue weighted by molar-refractivity contribution is 6.98. The molecule has 0 unspecified atom stereocenters. The molecule has 1 aliphatic rings. The lowest BCUT2D eigenvalue weighted by Crippen LogP contribution is -2.54. The standard InChI is InChI=1S/C42H29B/c1-4-16-30(17-5-1)33-26-14-28-39-37-24-12-10-22-35(37)36-23-11-13-25-38(36)40-29-15-27-34(31-18-6-2-7-19-31)42(40)43(41(33)39)32-20-8-3-9-21-32/h1-29H. The van der Waals surface area contributed by atoms with Gasteiger partial charge in [0, 0.05) is 0 Å². The van der Waals surface area contributed by atoms with E-state index in [1.165, 1.54) is 72.0 Å². The Kier molecular flexibility index (Phi) is 6.35. The molecule has 43 heavy (non-hydrogen) atoms. The summed E-state index contributed by atoms with van der Waals surface area (Å²) in [4.78, 5) is 0. The van der Waals surface area contributed by atoms with Crippen molar-refractivity contribution in [3.63, 3.8) is 0 Å². The third-order valence-corrected chi connectivity index (χ3v) is 8.82. The smallest absolute Gasteiger partial charge is 0.0685 e. The second-order valence-corrected chi connectivity index (χ2v) is 11.2. The van der Waals surface area contributed by atoms with Crippen LogP contribution in [-0.2, 0) is 0 Å². The van der Waals surface area contributed by atoms with Gasteiger partial charge in [-0.1, -0.05) is 192 Å². The maximum atomic E-state index is 2.33. The third kappa shape index (κ3) is 4.33. The molecule has 1 heterocycles. The Morgan fingerprint density at radius 1 is 0.233 bits per heavy atom. The number of benzene rings is 7. The number of fused-ring (bicyclic) bond motifs is 7. The van der Waals surface area contributed by atoms with Crippen molar-refractivity contribution in [3.05, 3.63) is 176 Å². The molecule has 7 aromatic rings. The minimum atomic E-state index is -0.0155. The molecule has 200 valence electrons. The molecule has 1 aliphatic heterocycles. The van der Waals surface area contributed by atoms with E-state index in [4.69, 9.17) is 0 Å². The van der Waals surface area contributed by atoms with Gasteiger partial charge in [0.25, 0.3) is 0 Å². The van der Waals surface area contributed by atoms with Crippen molar-refractivity contribution in [3.8, 4) is 55.6 Å². The van der Waals surface area contributed by atoms with Crippen molar-refractivity contribution in [1.29, 1.82) is 0 Å². The Bertz CT molecular complexity index is 1930. The quantitative estimate of drug-likeness (QED) is 0.195. The van der Waals surface area contributed by atoms with E-state index in [0.29, 0.717) is 0 Å². The van der Waals surface area contributed by atoms with Crippen LogP contribution in [0.25, 0.3) is 55.6 Å². The van der Waals surface area contributed by atoms with Gasteiger partial charge in [0.05, 0.1) is 0 Å².